The van der Waals surface area contributed by atoms with Crippen molar-refractivity contribution in [3.05, 3.63) is 217 Å². The summed E-state index contributed by atoms with van der Waals surface area (Å²) in [6, 6.07) is 48.4. The zero-order chi connectivity index (χ0) is 39.1. The van der Waals surface area contributed by atoms with E-state index in [0.717, 1.165) is 19.3 Å². The molecule has 1 atom stereocenters. The van der Waals surface area contributed by atoms with Gasteiger partial charge in [0.2, 0.25) is 0 Å². The van der Waals surface area contributed by atoms with Crippen molar-refractivity contribution in [2.24, 2.45) is 0 Å². The average molecular weight is 888 g/mol. The molecule has 302 valence electrons. The molecule has 0 aromatic heterocycles. The van der Waals surface area contributed by atoms with Crippen molar-refractivity contribution in [1.82, 2.24) is 0 Å². The predicted octanol–water partition coefficient (Wildman–Crippen LogP) is 2.65. The molecule has 1 unspecified atom stereocenters. The van der Waals surface area contributed by atoms with Crippen molar-refractivity contribution in [3.63, 3.8) is 0 Å². The minimum atomic E-state index is -2.98. The molecular formula is C54H57Cl3SiTi. The Balaban J connectivity index is 0.00000233. The molecule has 1 aliphatic rings. The number of hydrogen-bond donors (Lipinski definition) is 0. The van der Waals surface area contributed by atoms with Crippen LogP contribution in [0, 0.1) is 47.6 Å². The monoisotopic (exact) mass is 886 g/mol. The van der Waals surface area contributed by atoms with Gasteiger partial charge in [-0.05, 0) is 143 Å². The molecule has 7 rings (SSSR count). The molecule has 6 aromatic carbocycles. The second-order valence-corrected chi connectivity index (χ2v) is 20.9. The van der Waals surface area contributed by atoms with Crippen LogP contribution in [-0.2, 0) is 41.0 Å². The second-order valence-electron chi connectivity index (χ2n) is 16.6. The summed E-state index contributed by atoms with van der Waals surface area (Å²) in [6.45, 7) is 23.6. The van der Waals surface area contributed by atoms with E-state index in [4.69, 9.17) is 0 Å². The molecule has 0 nitrogen and oxygen atoms in total. The molecule has 5 heteroatoms. The number of halogens is 3. The van der Waals surface area contributed by atoms with E-state index in [1.54, 1.807) is 0 Å². The predicted molar refractivity (Wildman–Crippen MR) is 239 cm³/mol. The Bertz CT molecular complexity index is 2150. The van der Waals surface area contributed by atoms with Crippen molar-refractivity contribution in [2.45, 2.75) is 93.5 Å². The standard InChI is InChI=1S/C54H57Si.3ClH.Ti/c1-36-26-48(27-37(2)51(36)32-45-20-14-11-15-21-45)55(54(10)35-42(7)43(8)44(54)9,49-28-38(3)52(39(4)29-49)33-46-22-16-12-17-23-46)50-30-40(5)53(41(6)31-50)34-47-24-18-13-19-25-47;;;;/h11-31H,32-34H2,1-10H3;3*1H;/q-1;;;;+4/p-3. The Kier molecular flexibility index (Phi) is 17.3. The zero-order valence-electron chi connectivity index (χ0n) is 36.4. The van der Waals surface area contributed by atoms with E-state index in [-0.39, 0.29) is 64.0 Å². The number of aryl methyl sites for hydroxylation is 6. The van der Waals surface area contributed by atoms with Crippen LogP contribution in [0.15, 0.2) is 144 Å². The van der Waals surface area contributed by atoms with Crippen molar-refractivity contribution in [3.8, 4) is 0 Å². The minimum Gasteiger partial charge on any atom is -1.00 e. The van der Waals surface area contributed by atoms with Crippen LogP contribution in [0.1, 0.15) is 94.5 Å². The number of allylic oxidation sites excluding steroid dienone is 4. The molecule has 0 fully saturated rings. The van der Waals surface area contributed by atoms with Gasteiger partial charge in [0.15, 0.2) is 0 Å². The van der Waals surface area contributed by atoms with E-state index in [9.17, 15) is 0 Å². The van der Waals surface area contributed by atoms with Gasteiger partial charge in [0, 0.05) is 0 Å². The first-order valence-electron chi connectivity index (χ1n) is 20.1. The van der Waals surface area contributed by atoms with Gasteiger partial charge >= 0.3 is 21.7 Å². The quantitative estimate of drug-likeness (QED) is 0.113. The Labute approximate surface area is 390 Å². The fourth-order valence-electron chi connectivity index (χ4n) is 9.83. The number of rotatable bonds is 10. The summed E-state index contributed by atoms with van der Waals surface area (Å²) in [4.78, 5) is 0. The van der Waals surface area contributed by atoms with Gasteiger partial charge in [-0.1, -0.05) is 153 Å². The molecule has 0 aliphatic heterocycles. The van der Waals surface area contributed by atoms with Gasteiger partial charge in [0.25, 0.3) is 0 Å². The summed E-state index contributed by atoms with van der Waals surface area (Å²) in [5.41, 5.74) is 20.7. The third-order valence-electron chi connectivity index (χ3n) is 13.1. The molecule has 6 aromatic rings. The molecule has 59 heavy (non-hydrogen) atoms. The molecule has 0 spiro atoms. The van der Waals surface area contributed by atoms with Crippen LogP contribution >= 0.6 is 0 Å². The van der Waals surface area contributed by atoms with Crippen molar-refractivity contribution in [2.75, 3.05) is 0 Å². The maximum absolute atomic E-state index is 4.25. The molecular weight excluding hydrogens is 831 g/mol. The van der Waals surface area contributed by atoms with Crippen LogP contribution in [0.2, 0.25) is 5.04 Å². The Morgan fingerprint density at radius 3 is 0.898 bits per heavy atom. The molecule has 0 heterocycles. The van der Waals surface area contributed by atoms with Crippen molar-refractivity contribution >= 4 is 23.6 Å². The van der Waals surface area contributed by atoms with Gasteiger partial charge in [-0.3, -0.25) is 6.08 Å². The molecule has 0 saturated carbocycles. The van der Waals surface area contributed by atoms with E-state index in [1.807, 2.05) is 0 Å². The first-order chi connectivity index (χ1) is 26.3. The van der Waals surface area contributed by atoms with Gasteiger partial charge < -0.3 is 37.2 Å². The maximum Gasteiger partial charge on any atom is 4.00 e. The van der Waals surface area contributed by atoms with Crippen molar-refractivity contribution in [1.29, 1.82) is 0 Å². The fourth-order valence-corrected chi connectivity index (χ4v) is 16.3. The third-order valence-corrected chi connectivity index (χ3v) is 18.6. The number of benzene rings is 6. The molecule has 0 N–H and O–H groups in total. The van der Waals surface area contributed by atoms with E-state index in [1.165, 1.54) is 99.0 Å². The van der Waals surface area contributed by atoms with Crippen LogP contribution in [0.25, 0.3) is 0 Å². The summed E-state index contributed by atoms with van der Waals surface area (Å²) >= 11 is 0. The fraction of sp³-hybridized carbons (Fsp3) is 0.259. The van der Waals surface area contributed by atoms with Gasteiger partial charge in [0.1, 0.15) is 8.07 Å². The van der Waals surface area contributed by atoms with E-state index < -0.39 is 8.07 Å². The van der Waals surface area contributed by atoms with Gasteiger partial charge in [-0.25, -0.2) is 5.57 Å². The van der Waals surface area contributed by atoms with E-state index in [0.29, 0.717) is 0 Å². The van der Waals surface area contributed by atoms with E-state index in [2.05, 4.69) is 203 Å². The maximum atomic E-state index is 4.25. The summed E-state index contributed by atoms with van der Waals surface area (Å²) in [5.74, 6) is 0. The number of hydrogen-bond acceptors (Lipinski definition) is 0. The largest absolute Gasteiger partial charge is 4.00 e. The summed E-state index contributed by atoms with van der Waals surface area (Å²) in [5, 5.41) is 4.10. The molecule has 0 radical (unpaired) electrons. The molecule has 1 aliphatic carbocycles. The van der Waals surface area contributed by atoms with Gasteiger partial charge in [0.05, 0.1) is 0 Å². The van der Waals surface area contributed by atoms with Crippen LogP contribution in [0.5, 0.6) is 0 Å². The van der Waals surface area contributed by atoms with Gasteiger partial charge in [-0.2, -0.15) is 11.1 Å². The second kappa shape index (κ2) is 20.4. The van der Waals surface area contributed by atoms with Crippen LogP contribution in [0.4, 0.5) is 0 Å². The summed E-state index contributed by atoms with van der Waals surface area (Å²) < 4.78 is 0. The molecule has 0 amide bonds. The first kappa shape index (κ1) is 50.0. The van der Waals surface area contributed by atoms with E-state index >= 15 is 0 Å². The van der Waals surface area contributed by atoms with Crippen LogP contribution in [0.3, 0.4) is 0 Å². The topological polar surface area (TPSA) is 0 Å². The Morgan fingerprint density at radius 1 is 0.424 bits per heavy atom. The molecule has 0 saturated heterocycles. The summed E-state index contributed by atoms with van der Waals surface area (Å²) in [7, 11) is -2.98. The smallest absolute Gasteiger partial charge is 1.00 e. The normalized spacial score (nSPS) is 14.7. The van der Waals surface area contributed by atoms with Gasteiger partial charge in [-0.15, -0.1) is 6.92 Å². The van der Waals surface area contributed by atoms with Crippen LogP contribution in [-0.4, -0.2) is 8.07 Å². The minimum absolute atomic E-state index is 0. The first-order valence-corrected chi connectivity index (χ1v) is 22.1. The SMILES string of the molecule is CC1=[C-]C(C)([Si](c2cc(C)c(Cc3ccccc3)c(C)c2)(c2cc(C)c(Cc3ccccc3)c(C)c2)c2cc(C)c(Cc3ccccc3)c(C)c2)C(C)=C1C.[Cl-].[Cl-].[Cl-].[Ti+4]. The third kappa shape index (κ3) is 9.43. The van der Waals surface area contributed by atoms with Crippen molar-refractivity contribution < 1.29 is 58.9 Å². The average Bonchev–Trinajstić information content (AvgIpc) is 3.36. The zero-order valence-corrected chi connectivity index (χ0v) is 41.2. The Morgan fingerprint density at radius 2 is 0.678 bits per heavy atom. The molecule has 0 bridgehead atoms. The van der Waals surface area contributed by atoms with Crippen LogP contribution < -0.4 is 52.8 Å². The summed E-state index contributed by atoms with van der Waals surface area (Å²) in [6.07, 6.45) is 7.06. The Hall–Kier alpha value is -3.40.